The topological polar surface area (TPSA) is 52.5 Å². The van der Waals surface area contributed by atoms with E-state index in [4.69, 9.17) is 24.0 Å². The number of nitrogens with zero attached hydrogens (tertiary/aromatic N) is 2. The second-order valence-corrected chi connectivity index (χ2v) is 7.73. The van der Waals surface area contributed by atoms with E-state index >= 15 is 0 Å². The summed E-state index contributed by atoms with van der Waals surface area (Å²) in [6, 6.07) is 22.1. The normalized spacial score (nSPS) is 18.8. The Kier molecular flexibility index (Phi) is 5.35. The molecule has 2 aliphatic heterocycles. The second-order valence-electron chi connectivity index (χ2n) is 7.73. The third kappa shape index (κ3) is 3.51. The third-order valence-corrected chi connectivity index (χ3v) is 5.86. The van der Waals surface area contributed by atoms with Crippen LogP contribution in [0, 0.1) is 0 Å². The summed E-state index contributed by atoms with van der Waals surface area (Å²) in [6.45, 7) is 2.55. The number of benzene rings is 3. The van der Waals surface area contributed by atoms with Crippen LogP contribution in [0.5, 0.6) is 23.0 Å². The molecule has 5 rings (SSSR count). The van der Waals surface area contributed by atoms with Crippen molar-refractivity contribution in [1.29, 1.82) is 0 Å². The van der Waals surface area contributed by atoms with E-state index < -0.39 is 6.23 Å². The third-order valence-electron chi connectivity index (χ3n) is 5.86. The first-order valence-corrected chi connectivity index (χ1v) is 10.8. The lowest BCUT2D eigenvalue weighted by atomic mass is 9.95. The Balaban J connectivity index is 1.61. The number of methoxy groups -OCH3 is 2. The summed E-state index contributed by atoms with van der Waals surface area (Å²) in [6.07, 6.45) is 0.367. The molecule has 0 bridgehead atoms. The molecule has 0 radical (unpaired) electrons. The number of hydrazone groups is 1. The molecular formula is C26H26N2O4. The first kappa shape index (κ1) is 20.2. The minimum absolute atomic E-state index is 0.0385. The van der Waals surface area contributed by atoms with E-state index in [0.717, 1.165) is 51.8 Å². The smallest absolute Gasteiger partial charge is 0.214 e. The predicted octanol–water partition coefficient (Wildman–Crippen LogP) is 5.34. The number of ether oxygens (including phenoxy) is 4. The van der Waals surface area contributed by atoms with Crippen molar-refractivity contribution in [2.24, 2.45) is 5.10 Å². The quantitative estimate of drug-likeness (QED) is 0.528. The minimum Gasteiger partial charge on any atom is -0.497 e. The first-order chi connectivity index (χ1) is 15.7. The van der Waals surface area contributed by atoms with Gasteiger partial charge in [0.2, 0.25) is 6.23 Å². The van der Waals surface area contributed by atoms with Gasteiger partial charge in [0, 0.05) is 23.1 Å². The molecule has 3 aromatic carbocycles. The van der Waals surface area contributed by atoms with E-state index in [0.29, 0.717) is 6.61 Å². The van der Waals surface area contributed by atoms with Crippen LogP contribution in [0.15, 0.2) is 71.8 Å². The fourth-order valence-electron chi connectivity index (χ4n) is 4.35. The summed E-state index contributed by atoms with van der Waals surface area (Å²) in [5.41, 5.74) is 4.10. The van der Waals surface area contributed by atoms with Crippen LogP contribution in [0.3, 0.4) is 0 Å². The Bertz CT molecular complexity index is 1160. The van der Waals surface area contributed by atoms with E-state index in [1.165, 1.54) is 0 Å². The Labute approximate surface area is 188 Å². The number of hydrogen-bond acceptors (Lipinski definition) is 6. The van der Waals surface area contributed by atoms with Gasteiger partial charge in [-0.1, -0.05) is 36.4 Å². The molecule has 3 aromatic rings. The maximum absolute atomic E-state index is 6.56. The highest BCUT2D eigenvalue weighted by Gasteiger charge is 2.42. The molecule has 0 aromatic heterocycles. The van der Waals surface area contributed by atoms with Crippen LogP contribution in [0.25, 0.3) is 0 Å². The predicted molar refractivity (Wildman–Crippen MR) is 123 cm³/mol. The lowest BCUT2D eigenvalue weighted by Gasteiger charge is -2.38. The van der Waals surface area contributed by atoms with Gasteiger partial charge in [-0.05, 0) is 37.3 Å². The van der Waals surface area contributed by atoms with Gasteiger partial charge in [0.1, 0.15) is 11.5 Å². The SMILES string of the molecule is CCOc1cccc2c1O[C@H](c1cccc(OC)c1)N1N=C(c3cccc(OC)c3)C[C@H]21. The van der Waals surface area contributed by atoms with Gasteiger partial charge in [-0.3, -0.25) is 0 Å². The molecule has 0 N–H and O–H groups in total. The van der Waals surface area contributed by atoms with Crippen molar-refractivity contribution in [3.05, 3.63) is 83.4 Å². The van der Waals surface area contributed by atoms with Crippen molar-refractivity contribution < 1.29 is 18.9 Å². The fraction of sp³-hybridized carbons (Fsp3) is 0.269. The highest BCUT2D eigenvalue weighted by Crippen LogP contribution is 2.51. The molecule has 32 heavy (non-hydrogen) atoms. The number of para-hydroxylation sites is 1. The van der Waals surface area contributed by atoms with E-state index in [1.54, 1.807) is 14.2 Å². The molecule has 6 heteroatoms. The minimum atomic E-state index is -0.396. The van der Waals surface area contributed by atoms with Crippen molar-refractivity contribution in [2.75, 3.05) is 20.8 Å². The summed E-state index contributed by atoms with van der Waals surface area (Å²) in [7, 11) is 3.35. The molecular weight excluding hydrogens is 404 g/mol. The van der Waals surface area contributed by atoms with Gasteiger partial charge >= 0.3 is 0 Å². The fourth-order valence-corrected chi connectivity index (χ4v) is 4.35. The lowest BCUT2D eigenvalue weighted by molar-refractivity contribution is -0.0213. The molecule has 0 amide bonds. The molecule has 0 aliphatic carbocycles. The zero-order chi connectivity index (χ0) is 22.1. The van der Waals surface area contributed by atoms with Crippen LogP contribution in [-0.2, 0) is 0 Å². The Hall–Kier alpha value is -3.67. The maximum Gasteiger partial charge on any atom is 0.214 e. The Morgan fingerprint density at radius 1 is 0.969 bits per heavy atom. The van der Waals surface area contributed by atoms with Gasteiger partial charge < -0.3 is 18.9 Å². The van der Waals surface area contributed by atoms with Gasteiger partial charge in [0.15, 0.2) is 11.5 Å². The van der Waals surface area contributed by atoms with Crippen LogP contribution in [0.2, 0.25) is 0 Å². The zero-order valence-electron chi connectivity index (χ0n) is 18.4. The monoisotopic (exact) mass is 430 g/mol. The van der Waals surface area contributed by atoms with Crippen molar-refractivity contribution >= 4 is 5.71 Å². The molecule has 0 spiro atoms. The Morgan fingerprint density at radius 2 is 1.72 bits per heavy atom. The van der Waals surface area contributed by atoms with Crippen LogP contribution in [0.4, 0.5) is 0 Å². The van der Waals surface area contributed by atoms with Crippen LogP contribution < -0.4 is 18.9 Å². The van der Waals surface area contributed by atoms with Crippen LogP contribution >= 0.6 is 0 Å². The molecule has 0 unspecified atom stereocenters. The van der Waals surface area contributed by atoms with E-state index in [2.05, 4.69) is 17.1 Å². The van der Waals surface area contributed by atoms with E-state index in [9.17, 15) is 0 Å². The first-order valence-electron chi connectivity index (χ1n) is 10.8. The highest BCUT2D eigenvalue weighted by molar-refractivity contribution is 6.02. The summed E-state index contributed by atoms with van der Waals surface area (Å²) in [4.78, 5) is 0. The van der Waals surface area contributed by atoms with Gasteiger partial charge in [-0.2, -0.15) is 5.10 Å². The summed E-state index contributed by atoms with van der Waals surface area (Å²) < 4.78 is 23.3. The highest BCUT2D eigenvalue weighted by atomic mass is 16.5. The average Bonchev–Trinajstić information content (AvgIpc) is 3.30. The van der Waals surface area contributed by atoms with Gasteiger partial charge in [-0.25, -0.2) is 5.01 Å². The molecule has 0 fully saturated rings. The number of fused-ring (bicyclic) bond motifs is 3. The Morgan fingerprint density at radius 3 is 2.50 bits per heavy atom. The number of hydrogen-bond donors (Lipinski definition) is 0. The standard InChI is InChI=1S/C26H26N2O4/c1-4-31-24-13-7-12-21-23-16-22(17-8-5-10-19(14-17)29-2)27-28(23)26(32-25(21)24)18-9-6-11-20(15-18)30-3/h5-15,23,26H,4,16H2,1-3H3/t23-,26-/m1/s1. The van der Waals surface area contributed by atoms with Crippen LogP contribution in [0.1, 0.15) is 42.3 Å². The molecule has 2 heterocycles. The van der Waals surface area contributed by atoms with Crippen molar-refractivity contribution in [3.63, 3.8) is 0 Å². The summed E-state index contributed by atoms with van der Waals surface area (Å²) >= 11 is 0. The van der Waals surface area contributed by atoms with Gasteiger partial charge in [0.05, 0.1) is 32.6 Å². The van der Waals surface area contributed by atoms with Crippen LogP contribution in [-0.4, -0.2) is 31.5 Å². The van der Waals surface area contributed by atoms with Gasteiger partial charge in [0.25, 0.3) is 0 Å². The van der Waals surface area contributed by atoms with Crippen molar-refractivity contribution in [3.8, 4) is 23.0 Å². The molecule has 2 aliphatic rings. The van der Waals surface area contributed by atoms with E-state index in [-0.39, 0.29) is 6.04 Å². The molecule has 0 saturated heterocycles. The lowest BCUT2D eigenvalue weighted by Crippen LogP contribution is -2.34. The zero-order valence-corrected chi connectivity index (χ0v) is 18.4. The average molecular weight is 431 g/mol. The molecule has 2 atom stereocenters. The molecule has 6 nitrogen and oxygen atoms in total. The van der Waals surface area contributed by atoms with Crippen molar-refractivity contribution in [1.82, 2.24) is 5.01 Å². The second kappa shape index (κ2) is 8.46. The summed E-state index contributed by atoms with van der Waals surface area (Å²) in [5, 5.41) is 7.09. The largest absolute Gasteiger partial charge is 0.497 e. The maximum atomic E-state index is 6.56. The number of rotatable bonds is 6. The summed E-state index contributed by atoms with van der Waals surface area (Å²) in [5.74, 6) is 3.13. The van der Waals surface area contributed by atoms with E-state index in [1.807, 2.05) is 61.5 Å². The van der Waals surface area contributed by atoms with Gasteiger partial charge in [-0.15, -0.1) is 0 Å². The molecule has 0 saturated carbocycles. The van der Waals surface area contributed by atoms with Crippen molar-refractivity contribution in [2.45, 2.75) is 25.6 Å². The molecule has 164 valence electrons.